The number of hydrogen-bond donors (Lipinski definition) is 0. The summed E-state index contributed by atoms with van der Waals surface area (Å²) < 4.78 is 5.81. The topological polar surface area (TPSA) is 32.8 Å². The predicted octanol–water partition coefficient (Wildman–Crippen LogP) is 4.33. The highest BCUT2D eigenvalue weighted by Crippen LogP contribution is 2.34. The Bertz CT molecular complexity index is 749. The molecule has 4 nitrogen and oxygen atoms in total. The molecule has 3 atom stereocenters. The number of carbonyl (C=O) groups excluding carboxylic acids is 1. The summed E-state index contributed by atoms with van der Waals surface area (Å²) in [5.74, 6) is 0.156. The number of likely N-dealkylation sites (tertiary alicyclic amines) is 1. The van der Waals surface area contributed by atoms with Gasteiger partial charge in [-0.2, -0.15) is 11.3 Å². The van der Waals surface area contributed by atoms with E-state index in [1.54, 1.807) is 11.3 Å². The number of hydrogen-bond acceptors (Lipinski definition) is 4. The number of morpholine rings is 1. The summed E-state index contributed by atoms with van der Waals surface area (Å²) in [5.41, 5.74) is 3.33. The SMILES string of the molecule is C[C@@H]1CN(Cc2ccc(C(=O)N3CCC[C@H]3c3ccsc3)cc2)C[C@H](C)O1. The van der Waals surface area contributed by atoms with Gasteiger partial charge in [-0.1, -0.05) is 12.1 Å². The highest BCUT2D eigenvalue weighted by molar-refractivity contribution is 7.08. The summed E-state index contributed by atoms with van der Waals surface area (Å²) in [5, 5.41) is 4.27. The number of ether oxygens (including phenoxy) is 1. The molecule has 2 aliphatic heterocycles. The average molecular weight is 385 g/mol. The molecule has 0 radical (unpaired) electrons. The van der Waals surface area contributed by atoms with Crippen LogP contribution >= 0.6 is 11.3 Å². The zero-order chi connectivity index (χ0) is 18.8. The maximum atomic E-state index is 13.0. The molecule has 2 aliphatic rings. The molecule has 4 rings (SSSR count). The van der Waals surface area contributed by atoms with Crippen molar-refractivity contribution in [2.75, 3.05) is 19.6 Å². The Morgan fingerprint density at radius 1 is 1.15 bits per heavy atom. The molecule has 0 saturated carbocycles. The van der Waals surface area contributed by atoms with Crippen LogP contribution in [0.15, 0.2) is 41.1 Å². The third-order valence-electron chi connectivity index (χ3n) is 5.54. The molecule has 144 valence electrons. The molecular weight excluding hydrogens is 356 g/mol. The van der Waals surface area contributed by atoms with Crippen molar-refractivity contribution < 1.29 is 9.53 Å². The van der Waals surface area contributed by atoms with Gasteiger partial charge in [-0.05, 0) is 66.8 Å². The van der Waals surface area contributed by atoms with E-state index < -0.39 is 0 Å². The molecule has 1 amide bonds. The first-order valence-corrected chi connectivity index (χ1v) is 10.8. The lowest BCUT2D eigenvalue weighted by Gasteiger charge is -2.35. The van der Waals surface area contributed by atoms with E-state index in [9.17, 15) is 4.79 Å². The van der Waals surface area contributed by atoms with Gasteiger partial charge < -0.3 is 9.64 Å². The molecule has 2 fully saturated rings. The van der Waals surface area contributed by atoms with Gasteiger partial charge in [0, 0.05) is 31.7 Å². The first-order valence-electron chi connectivity index (χ1n) is 9.90. The summed E-state index contributed by atoms with van der Waals surface area (Å²) in [6, 6.07) is 10.6. The van der Waals surface area contributed by atoms with Crippen molar-refractivity contribution >= 4 is 17.2 Å². The lowest BCUT2D eigenvalue weighted by molar-refractivity contribution is -0.0704. The number of thiophene rings is 1. The molecule has 27 heavy (non-hydrogen) atoms. The Morgan fingerprint density at radius 3 is 2.56 bits per heavy atom. The molecule has 2 aromatic rings. The van der Waals surface area contributed by atoms with Crippen LogP contribution in [0, 0.1) is 0 Å². The minimum atomic E-state index is 0.156. The van der Waals surface area contributed by atoms with Gasteiger partial charge in [0.1, 0.15) is 0 Å². The number of rotatable bonds is 4. The van der Waals surface area contributed by atoms with Crippen molar-refractivity contribution in [3.8, 4) is 0 Å². The first-order chi connectivity index (χ1) is 13.1. The van der Waals surface area contributed by atoms with Gasteiger partial charge in [-0.15, -0.1) is 0 Å². The predicted molar refractivity (Wildman–Crippen MR) is 109 cm³/mol. The number of amides is 1. The standard InChI is InChI=1S/C22H28N2O2S/c1-16-12-23(13-17(2)26-16)14-18-5-7-19(8-6-18)22(25)24-10-3-4-21(24)20-9-11-27-15-20/h5-9,11,15-17,21H,3-4,10,12-14H2,1-2H3/t16-,17+,21-/m0/s1. The van der Waals surface area contributed by atoms with Gasteiger partial charge in [-0.25, -0.2) is 0 Å². The van der Waals surface area contributed by atoms with Crippen molar-refractivity contribution in [2.45, 2.75) is 51.5 Å². The van der Waals surface area contributed by atoms with E-state index in [-0.39, 0.29) is 24.2 Å². The molecule has 0 bridgehead atoms. The summed E-state index contributed by atoms with van der Waals surface area (Å²) in [4.78, 5) is 17.5. The van der Waals surface area contributed by atoms with Crippen LogP contribution in [0.1, 0.15) is 54.2 Å². The fourth-order valence-corrected chi connectivity index (χ4v) is 5.12. The molecule has 1 aromatic carbocycles. The largest absolute Gasteiger partial charge is 0.373 e. The van der Waals surface area contributed by atoms with Crippen molar-refractivity contribution in [3.63, 3.8) is 0 Å². The smallest absolute Gasteiger partial charge is 0.254 e. The Balaban J connectivity index is 1.42. The van der Waals surface area contributed by atoms with Crippen LogP contribution in [0.2, 0.25) is 0 Å². The van der Waals surface area contributed by atoms with E-state index in [0.717, 1.165) is 44.6 Å². The fourth-order valence-electron chi connectivity index (χ4n) is 4.41. The first kappa shape index (κ1) is 18.7. The van der Waals surface area contributed by atoms with E-state index in [4.69, 9.17) is 4.74 Å². The molecule has 0 unspecified atom stereocenters. The lowest BCUT2D eigenvalue weighted by atomic mass is 10.1. The zero-order valence-electron chi connectivity index (χ0n) is 16.1. The second-order valence-corrected chi connectivity index (χ2v) is 8.64. The molecule has 3 heterocycles. The van der Waals surface area contributed by atoms with E-state index in [1.807, 2.05) is 17.0 Å². The molecular formula is C22H28N2O2S. The summed E-state index contributed by atoms with van der Waals surface area (Å²) in [6.07, 6.45) is 2.70. The van der Waals surface area contributed by atoms with E-state index in [2.05, 4.69) is 47.7 Å². The van der Waals surface area contributed by atoms with Crippen LogP contribution in [0.4, 0.5) is 0 Å². The normalized spacial score (nSPS) is 26.4. The molecule has 0 spiro atoms. The third-order valence-corrected chi connectivity index (χ3v) is 6.25. The monoisotopic (exact) mass is 384 g/mol. The van der Waals surface area contributed by atoms with Crippen molar-refractivity contribution in [1.82, 2.24) is 9.80 Å². The van der Waals surface area contributed by atoms with Gasteiger partial charge in [0.15, 0.2) is 0 Å². The Hall–Kier alpha value is -1.69. The van der Waals surface area contributed by atoms with Crippen LogP contribution in [-0.2, 0) is 11.3 Å². The van der Waals surface area contributed by atoms with Crippen molar-refractivity contribution in [2.24, 2.45) is 0 Å². The zero-order valence-corrected chi connectivity index (χ0v) is 17.0. The van der Waals surface area contributed by atoms with Gasteiger partial charge >= 0.3 is 0 Å². The van der Waals surface area contributed by atoms with Crippen LogP contribution in [0.5, 0.6) is 0 Å². The second-order valence-electron chi connectivity index (χ2n) is 7.86. The van der Waals surface area contributed by atoms with Crippen LogP contribution in [-0.4, -0.2) is 47.5 Å². The Morgan fingerprint density at radius 2 is 1.89 bits per heavy atom. The van der Waals surface area contributed by atoms with Crippen LogP contribution < -0.4 is 0 Å². The average Bonchev–Trinajstić information content (AvgIpc) is 3.32. The van der Waals surface area contributed by atoms with Gasteiger partial charge in [0.2, 0.25) is 0 Å². The number of carbonyl (C=O) groups is 1. The van der Waals surface area contributed by atoms with E-state index in [1.165, 1.54) is 11.1 Å². The summed E-state index contributed by atoms with van der Waals surface area (Å²) >= 11 is 1.70. The van der Waals surface area contributed by atoms with Gasteiger partial charge in [0.25, 0.3) is 5.91 Å². The second kappa shape index (κ2) is 8.13. The third kappa shape index (κ3) is 4.26. The Labute approximate surface area is 165 Å². The molecule has 0 N–H and O–H groups in total. The van der Waals surface area contributed by atoms with Gasteiger partial charge in [0.05, 0.1) is 18.2 Å². The molecule has 1 aromatic heterocycles. The van der Waals surface area contributed by atoms with Crippen molar-refractivity contribution in [3.05, 3.63) is 57.8 Å². The van der Waals surface area contributed by atoms with Crippen LogP contribution in [0.25, 0.3) is 0 Å². The maximum Gasteiger partial charge on any atom is 0.254 e. The van der Waals surface area contributed by atoms with Gasteiger partial charge in [-0.3, -0.25) is 9.69 Å². The maximum absolute atomic E-state index is 13.0. The number of benzene rings is 1. The molecule has 2 saturated heterocycles. The fraction of sp³-hybridized carbons (Fsp3) is 0.500. The minimum absolute atomic E-state index is 0.156. The van der Waals surface area contributed by atoms with Crippen LogP contribution in [0.3, 0.4) is 0 Å². The van der Waals surface area contributed by atoms with E-state index in [0.29, 0.717) is 0 Å². The van der Waals surface area contributed by atoms with Crippen molar-refractivity contribution in [1.29, 1.82) is 0 Å². The number of nitrogens with zero attached hydrogens (tertiary/aromatic N) is 2. The molecule has 5 heteroatoms. The minimum Gasteiger partial charge on any atom is -0.373 e. The summed E-state index contributed by atoms with van der Waals surface area (Å²) in [7, 11) is 0. The lowest BCUT2D eigenvalue weighted by Crippen LogP contribution is -2.44. The quantitative estimate of drug-likeness (QED) is 0.786. The Kier molecular flexibility index (Phi) is 5.62. The highest BCUT2D eigenvalue weighted by atomic mass is 32.1. The molecule has 0 aliphatic carbocycles. The summed E-state index contributed by atoms with van der Waals surface area (Å²) in [6.45, 7) is 7.94. The van der Waals surface area contributed by atoms with E-state index >= 15 is 0 Å². The highest BCUT2D eigenvalue weighted by Gasteiger charge is 2.30.